The standard InChI is InChI=1S/C35H33ClFNO4/c1-2-41-31-19-24(18-25(36)35(31)42-21-23-12-6-7-13-26(23)37)32-33-27(14-8-16-29(33)39)38(20-22-10-4-3-5-11-22)28-15-9-17-30(40)34(28)32/h3-7,10-13,18-19,32H,2,8-9,14-17,20-21H2,1H3. The molecule has 3 aliphatic rings. The molecule has 0 bridgehead atoms. The van der Waals surface area contributed by atoms with Crippen LogP contribution >= 0.6 is 11.6 Å². The number of carbonyl (C=O) groups excluding carboxylic acids is 2. The van der Waals surface area contributed by atoms with Gasteiger partial charge in [-0.25, -0.2) is 4.39 Å². The molecule has 7 heteroatoms. The molecule has 216 valence electrons. The number of ether oxygens (including phenoxy) is 2. The third kappa shape index (κ3) is 5.36. The molecule has 0 N–H and O–H groups in total. The van der Waals surface area contributed by atoms with E-state index in [1.54, 1.807) is 24.3 Å². The van der Waals surface area contributed by atoms with E-state index in [4.69, 9.17) is 21.1 Å². The first-order chi connectivity index (χ1) is 20.5. The van der Waals surface area contributed by atoms with Crippen molar-refractivity contribution in [1.29, 1.82) is 0 Å². The van der Waals surface area contributed by atoms with Crippen LogP contribution in [0, 0.1) is 5.82 Å². The van der Waals surface area contributed by atoms with Crippen LogP contribution in [0.3, 0.4) is 0 Å². The van der Waals surface area contributed by atoms with Gasteiger partial charge in [-0.1, -0.05) is 60.1 Å². The maximum absolute atomic E-state index is 14.3. The monoisotopic (exact) mass is 585 g/mol. The Hall–Kier alpha value is -3.90. The van der Waals surface area contributed by atoms with Crippen molar-refractivity contribution in [3.63, 3.8) is 0 Å². The number of benzene rings is 3. The van der Waals surface area contributed by atoms with E-state index in [0.29, 0.717) is 54.2 Å². The number of halogens is 2. The van der Waals surface area contributed by atoms with Gasteiger partial charge in [-0.3, -0.25) is 9.59 Å². The van der Waals surface area contributed by atoms with Crippen LogP contribution in [0.2, 0.25) is 5.02 Å². The first-order valence-electron chi connectivity index (χ1n) is 14.6. The molecule has 6 rings (SSSR count). The van der Waals surface area contributed by atoms with Crippen molar-refractivity contribution in [2.45, 2.75) is 64.5 Å². The molecule has 0 unspecified atom stereocenters. The van der Waals surface area contributed by atoms with Crippen molar-refractivity contribution in [2.75, 3.05) is 6.61 Å². The van der Waals surface area contributed by atoms with Gasteiger partial charge in [0.25, 0.3) is 0 Å². The molecule has 3 aromatic carbocycles. The Balaban J connectivity index is 1.46. The van der Waals surface area contributed by atoms with Crippen LogP contribution in [0.1, 0.15) is 68.1 Å². The van der Waals surface area contributed by atoms with Crippen LogP contribution in [0.4, 0.5) is 4.39 Å². The number of Topliss-reactive ketones (excluding diaryl/α,β-unsaturated/α-hetero) is 2. The molecular formula is C35H33ClFNO4. The maximum atomic E-state index is 14.3. The van der Waals surface area contributed by atoms with Crippen LogP contribution in [-0.2, 0) is 22.7 Å². The first kappa shape index (κ1) is 28.2. The highest BCUT2D eigenvalue weighted by atomic mass is 35.5. The van der Waals surface area contributed by atoms with E-state index >= 15 is 0 Å². The third-order valence-electron chi connectivity index (χ3n) is 8.26. The fraction of sp³-hybridized carbons (Fsp3) is 0.314. The van der Waals surface area contributed by atoms with Gasteiger partial charge in [0, 0.05) is 53.4 Å². The van der Waals surface area contributed by atoms with Gasteiger partial charge >= 0.3 is 0 Å². The largest absolute Gasteiger partial charge is 0.490 e. The fourth-order valence-corrected chi connectivity index (χ4v) is 6.70. The van der Waals surface area contributed by atoms with Gasteiger partial charge in [-0.05, 0) is 61.9 Å². The van der Waals surface area contributed by atoms with Crippen LogP contribution in [0.5, 0.6) is 11.5 Å². The number of hydrogen-bond acceptors (Lipinski definition) is 5. The lowest BCUT2D eigenvalue weighted by Crippen LogP contribution is -2.38. The Labute approximate surface area is 250 Å². The van der Waals surface area contributed by atoms with Crippen LogP contribution in [-0.4, -0.2) is 23.1 Å². The Kier molecular flexibility index (Phi) is 8.16. The summed E-state index contributed by atoms with van der Waals surface area (Å²) in [5, 5.41) is 0.287. The minimum absolute atomic E-state index is 0.0226. The lowest BCUT2D eigenvalue weighted by Gasteiger charge is -2.44. The average Bonchev–Trinajstić information content (AvgIpc) is 2.99. The van der Waals surface area contributed by atoms with Gasteiger partial charge in [0.2, 0.25) is 0 Å². The van der Waals surface area contributed by atoms with Gasteiger partial charge < -0.3 is 14.4 Å². The lowest BCUT2D eigenvalue weighted by atomic mass is 9.71. The Morgan fingerprint density at radius 2 is 1.50 bits per heavy atom. The minimum Gasteiger partial charge on any atom is -0.490 e. The van der Waals surface area contributed by atoms with Crippen LogP contribution in [0.25, 0.3) is 0 Å². The van der Waals surface area contributed by atoms with Crippen molar-refractivity contribution in [1.82, 2.24) is 4.90 Å². The molecule has 1 heterocycles. The summed E-state index contributed by atoms with van der Waals surface area (Å²) in [5.41, 5.74) is 5.63. The maximum Gasteiger partial charge on any atom is 0.180 e. The van der Waals surface area contributed by atoms with E-state index in [-0.39, 0.29) is 29.0 Å². The molecule has 42 heavy (non-hydrogen) atoms. The van der Waals surface area contributed by atoms with Gasteiger partial charge in [0.15, 0.2) is 23.1 Å². The van der Waals surface area contributed by atoms with Gasteiger partial charge in [-0.2, -0.15) is 0 Å². The van der Waals surface area contributed by atoms with E-state index in [2.05, 4.69) is 17.0 Å². The summed E-state index contributed by atoms with van der Waals surface area (Å²) >= 11 is 6.84. The van der Waals surface area contributed by atoms with Crippen LogP contribution < -0.4 is 9.47 Å². The first-order valence-corrected chi connectivity index (χ1v) is 15.0. The van der Waals surface area contributed by atoms with E-state index < -0.39 is 5.92 Å². The molecule has 0 atom stereocenters. The molecule has 0 saturated heterocycles. The summed E-state index contributed by atoms with van der Waals surface area (Å²) in [5.74, 6) is -0.0494. The number of nitrogens with zero attached hydrogens (tertiary/aromatic N) is 1. The highest BCUT2D eigenvalue weighted by Gasteiger charge is 2.43. The second-order valence-corrected chi connectivity index (χ2v) is 11.3. The molecule has 0 amide bonds. The molecule has 5 nitrogen and oxygen atoms in total. The second kappa shape index (κ2) is 12.1. The number of allylic oxidation sites excluding steroid dienone is 4. The van der Waals surface area contributed by atoms with E-state index in [1.165, 1.54) is 6.07 Å². The van der Waals surface area contributed by atoms with Crippen molar-refractivity contribution in [3.05, 3.63) is 117 Å². The van der Waals surface area contributed by atoms with E-state index in [9.17, 15) is 14.0 Å². The van der Waals surface area contributed by atoms with Gasteiger partial charge in [0.1, 0.15) is 12.4 Å². The molecule has 0 spiro atoms. The Morgan fingerprint density at radius 1 is 0.857 bits per heavy atom. The van der Waals surface area contributed by atoms with Crippen molar-refractivity contribution in [3.8, 4) is 11.5 Å². The molecule has 0 saturated carbocycles. The smallest absolute Gasteiger partial charge is 0.180 e. The predicted octanol–water partition coefficient (Wildman–Crippen LogP) is 8.07. The number of rotatable bonds is 8. The molecule has 2 aliphatic carbocycles. The zero-order valence-electron chi connectivity index (χ0n) is 23.6. The number of carbonyl (C=O) groups is 2. The summed E-state index contributed by atoms with van der Waals surface area (Å²) in [6.45, 7) is 2.80. The summed E-state index contributed by atoms with van der Waals surface area (Å²) < 4.78 is 26.3. The van der Waals surface area contributed by atoms with Crippen molar-refractivity contribution >= 4 is 23.2 Å². The van der Waals surface area contributed by atoms with E-state index in [0.717, 1.165) is 48.2 Å². The normalized spacial score (nSPS) is 17.4. The number of ketones is 2. The molecule has 0 fully saturated rings. The fourth-order valence-electron chi connectivity index (χ4n) is 6.43. The summed E-state index contributed by atoms with van der Waals surface area (Å²) in [6.07, 6.45) is 3.99. The Morgan fingerprint density at radius 3 is 2.14 bits per heavy atom. The van der Waals surface area contributed by atoms with Gasteiger partial charge in [-0.15, -0.1) is 0 Å². The topological polar surface area (TPSA) is 55.8 Å². The van der Waals surface area contributed by atoms with Crippen molar-refractivity contribution in [2.24, 2.45) is 0 Å². The zero-order chi connectivity index (χ0) is 29.2. The summed E-state index contributed by atoms with van der Waals surface area (Å²) in [6, 6.07) is 20.2. The molecule has 0 radical (unpaired) electrons. The van der Waals surface area contributed by atoms with Crippen LogP contribution in [0.15, 0.2) is 89.3 Å². The SMILES string of the molecule is CCOc1cc(C2C3=C(CCCC3=O)N(Cc3ccccc3)C3=C2C(=O)CCC3)cc(Cl)c1OCc1ccccc1F. The van der Waals surface area contributed by atoms with Crippen molar-refractivity contribution < 1.29 is 23.5 Å². The second-order valence-electron chi connectivity index (χ2n) is 10.9. The molecule has 0 aromatic heterocycles. The van der Waals surface area contributed by atoms with Gasteiger partial charge in [0.05, 0.1) is 11.6 Å². The molecule has 1 aliphatic heterocycles. The minimum atomic E-state index is -0.528. The summed E-state index contributed by atoms with van der Waals surface area (Å²) in [4.78, 5) is 29.6. The molecule has 3 aromatic rings. The lowest BCUT2D eigenvalue weighted by molar-refractivity contribution is -0.117. The van der Waals surface area contributed by atoms with E-state index in [1.807, 2.05) is 31.2 Å². The number of hydrogen-bond donors (Lipinski definition) is 0. The average molecular weight is 586 g/mol. The quantitative estimate of drug-likeness (QED) is 0.267. The predicted molar refractivity (Wildman–Crippen MR) is 160 cm³/mol. The highest BCUT2D eigenvalue weighted by molar-refractivity contribution is 6.32. The zero-order valence-corrected chi connectivity index (χ0v) is 24.4. The Bertz CT molecular complexity index is 1550. The molecular weight excluding hydrogens is 553 g/mol. The highest BCUT2D eigenvalue weighted by Crippen LogP contribution is 2.51. The third-order valence-corrected chi connectivity index (χ3v) is 8.55. The summed E-state index contributed by atoms with van der Waals surface area (Å²) in [7, 11) is 0.